The average Bonchev–Trinajstić information content (AvgIpc) is 2.56. The van der Waals surface area contributed by atoms with Gasteiger partial charge in [-0.1, -0.05) is 77.9 Å². The second-order valence-corrected chi connectivity index (χ2v) is 9.37. The lowest BCUT2D eigenvalue weighted by Crippen LogP contribution is -2.18. The van der Waals surface area contributed by atoms with E-state index in [1.165, 1.54) is 16.7 Å². The summed E-state index contributed by atoms with van der Waals surface area (Å²) in [5, 5.41) is 3.54. The highest BCUT2D eigenvalue weighted by molar-refractivity contribution is 5.85. The first-order valence-electron chi connectivity index (χ1n) is 9.65. The molecule has 0 heterocycles. The van der Waals surface area contributed by atoms with E-state index in [0.717, 1.165) is 31.9 Å². The Hall–Kier alpha value is -1.51. The van der Waals surface area contributed by atoms with E-state index < -0.39 is 0 Å². The summed E-state index contributed by atoms with van der Waals surface area (Å²) in [6, 6.07) is 17.4. The van der Waals surface area contributed by atoms with E-state index in [0.29, 0.717) is 0 Å². The quantitative estimate of drug-likeness (QED) is 0.572. The Labute approximate surface area is 172 Å². The van der Waals surface area contributed by atoms with Crippen LogP contribution in [-0.2, 0) is 18.4 Å². The van der Waals surface area contributed by atoms with Crippen molar-refractivity contribution in [3.05, 3.63) is 65.2 Å². The highest BCUT2D eigenvalue weighted by Crippen LogP contribution is 2.22. The van der Waals surface area contributed by atoms with E-state index in [1.807, 2.05) is 6.07 Å². The first kappa shape index (κ1) is 23.5. The molecule has 2 rings (SSSR count). The molecular weight excluding hydrogens is 354 g/mol. The van der Waals surface area contributed by atoms with Crippen molar-refractivity contribution in [2.45, 2.75) is 59.9 Å². The normalized spacial score (nSPS) is 11.8. The van der Waals surface area contributed by atoms with Gasteiger partial charge in [-0.05, 0) is 52.6 Å². The zero-order valence-electron chi connectivity index (χ0n) is 17.8. The molecule has 3 heteroatoms. The molecular formula is C24H36ClNO. The third kappa shape index (κ3) is 8.81. The van der Waals surface area contributed by atoms with Crippen molar-refractivity contribution in [3.63, 3.8) is 0 Å². The molecule has 0 atom stereocenters. The van der Waals surface area contributed by atoms with Crippen LogP contribution < -0.4 is 10.1 Å². The number of benzene rings is 2. The fraction of sp³-hybridized carbons (Fsp3) is 0.500. The molecule has 2 nitrogen and oxygen atoms in total. The lowest BCUT2D eigenvalue weighted by Gasteiger charge is -2.19. The van der Waals surface area contributed by atoms with Crippen LogP contribution in [0.3, 0.4) is 0 Å². The van der Waals surface area contributed by atoms with Gasteiger partial charge in [0.15, 0.2) is 0 Å². The van der Waals surface area contributed by atoms with Crippen LogP contribution >= 0.6 is 12.4 Å². The fourth-order valence-corrected chi connectivity index (χ4v) is 2.68. The predicted molar refractivity (Wildman–Crippen MR) is 119 cm³/mol. The summed E-state index contributed by atoms with van der Waals surface area (Å²) < 4.78 is 5.90. The Bertz CT molecular complexity index is 681. The number of nitrogens with one attached hydrogen (secondary N) is 1. The monoisotopic (exact) mass is 389 g/mol. The van der Waals surface area contributed by atoms with Crippen molar-refractivity contribution < 1.29 is 4.74 Å². The Morgan fingerprint density at radius 1 is 0.852 bits per heavy atom. The lowest BCUT2D eigenvalue weighted by molar-refractivity contribution is 0.198. The van der Waals surface area contributed by atoms with E-state index >= 15 is 0 Å². The minimum absolute atomic E-state index is 0. The van der Waals surface area contributed by atoms with Gasteiger partial charge in [0.2, 0.25) is 0 Å². The maximum atomic E-state index is 5.90. The summed E-state index contributed by atoms with van der Waals surface area (Å²) in [5.74, 6) is 0.968. The summed E-state index contributed by atoms with van der Waals surface area (Å²) in [6.45, 7) is 15.9. The second-order valence-electron chi connectivity index (χ2n) is 9.37. The Balaban J connectivity index is 0.00000364. The van der Waals surface area contributed by atoms with E-state index in [2.05, 4.69) is 89.3 Å². The zero-order valence-corrected chi connectivity index (χ0v) is 18.6. The van der Waals surface area contributed by atoms with Crippen LogP contribution in [0.5, 0.6) is 5.75 Å². The standard InChI is InChI=1S/C24H35NO.ClH/c1-23(2,3)18-26-22-9-7-8-19(16-22)14-15-25-17-20-10-12-21(13-11-20)24(4,5)6;/h7-13,16,25H,14-15,17-18H2,1-6H3;1H. The second kappa shape index (κ2) is 10.1. The molecule has 2 aromatic carbocycles. The molecule has 0 bridgehead atoms. The molecule has 0 radical (unpaired) electrons. The molecule has 150 valence electrons. The number of hydrogen-bond donors (Lipinski definition) is 1. The molecule has 0 spiro atoms. The molecule has 0 aliphatic heterocycles. The minimum atomic E-state index is 0. The van der Waals surface area contributed by atoms with Crippen LogP contribution in [0.25, 0.3) is 0 Å². The number of halogens is 1. The molecule has 27 heavy (non-hydrogen) atoms. The van der Waals surface area contributed by atoms with Gasteiger partial charge in [0, 0.05) is 6.54 Å². The van der Waals surface area contributed by atoms with Crippen molar-refractivity contribution in [1.29, 1.82) is 0 Å². The summed E-state index contributed by atoms with van der Waals surface area (Å²) in [6.07, 6.45) is 1.01. The van der Waals surface area contributed by atoms with Crippen LogP contribution in [0.1, 0.15) is 58.2 Å². The summed E-state index contributed by atoms with van der Waals surface area (Å²) in [4.78, 5) is 0. The van der Waals surface area contributed by atoms with Crippen molar-refractivity contribution in [2.24, 2.45) is 5.41 Å². The van der Waals surface area contributed by atoms with E-state index in [-0.39, 0.29) is 23.2 Å². The first-order chi connectivity index (χ1) is 12.1. The Morgan fingerprint density at radius 2 is 1.52 bits per heavy atom. The van der Waals surface area contributed by atoms with Crippen molar-refractivity contribution in [3.8, 4) is 5.75 Å². The predicted octanol–water partition coefficient (Wildman–Crippen LogP) is 6.16. The number of ether oxygens (including phenoxy) is 1. The van der Waals surface area contributed by atoms with Crippen molar-refractivity contribution in [1.82, 2.24) is 5.32 Å². The van der Waals surface area contributed by atoms with Crippen LogP contribution in [0.2, 0.25) is 0 Å². The summed E-state index contributed by atoms with van der Waals surface area (Å²) in [7, 11) is 0. The van der Waals surface area contributed by atoms with Gasteiger partial charge >= 0.3 is 0 Å². The molecule has 0 aliphatic carbocycles. The van der Waals surface area contributed by atoms with Gasteiger partial charge in [0.05, 0.1) is 6.61 Å². The molecule has 0 unspecified atom stereocenters. The van der Waals surface area contributed by atoms with Crippen LogP contribution in [0.15, 0.2) is 48.5 Å². The highest BCUT2D eigenvalue weighted by atomic mass is 35.5. The molecule has 0 saturated carbocycles. The van der Waals surface area contributed by atoms with E-state index in [4.69, 9.17) is 4.74 Å². The smallest absolute Gasteiger partial charge is 0.119 e. The summed E-state index contributed by atoms with van der Waals surface area (Å²) in [5.41, 5.74) is 4.42. The number of hydrogen-bond acceptors (Lipinski definition) is 2. The molecule has 0 aliphatic rings. The van der Waals surface area contributed by atoms with Crippen LogP contribution in [-0.4, -0.2) is 13.2 Å². The minimum Gasteiger partial charge on any atom is -0.493 e. The maximum absolute atomic E-state index is 5.90. The van der Waals surface area contributed by atoms with Gasteiger partial charge < -0.3 is 10.1 Å². The molecule has 0 fully saturated rings. The molecule has 2 aromatic rings. The SMILES string of the molecule is CC(C)(C)COc1cccc(CCNCc2ccc(C(C)(C)C)cc2)c1.Cl. The van der Waals surface area contributed by atoms with Crippen molar-refractivity contribution in [2.75, 3.05) is 13.2 Å². The highest BCUT2D eigenvalue weighted by Gasteiger charge is 2.13. The van der Waals surface area contributed by atoms with Crippen molar-refractivity contribution >= 4 is 12.4 Å². The number of rotatable bonds is 7. The fourth-order valence-electron chi connectivity index (χ4n) is 2.68. The average molecular weight is 390 g/mol. The van der Waals surface area contributed by atoms with E-state index in [9.17, 15) is 0 Å². The molecule has 1 N–H and O–H groups in total. The Morgan fingerprint density at radius 3 is 2.11 bits per heavy atom. The Kier molecular flexibility index (Phi) is 8.84. The third-order valence-electron chi connectivity index (χ3n) is 4.31. The van der Waals surface area contributed by atoms with Gasteiger partial charge in [-0.25, -0.2) is 0 Å². The lowest BCUT2D eigenvalue weighted by atomic mass is 9.87. The topological polar surface area (TPSA) is 21.3 Å². The molecule has 0 amide bonds. The van der Waals surface area contributed by atoms with Gasteiger partial charge in [-0.15, -0.1) is 12.4 Å². The maximum Gasteiger partial charge on any atom is 0.119 e. The van der Waals surface area contributed by atoms with Gasteiger partial charge in [-0.2, -0.15) is 0 Å². The molecule has 0 saturated heterocycles. The van der Waals surface area contributed by atoms with Crippen LogP contribution in [0.4, 0.5) is 0 Å². The molecule has 0 aromatic heterocycles. The van der Waals surface area contributed by atoms with Crippen LogP contribution in [0, 0.1) is 5.41 Å². The zero-order chi connectivity index (χ0) is 19.2. The first-order valence-corrected chi connectivity index (χ1v) is 9.65. The van der Waals surface area contributed by atoms with Gasteiger partial charge in [0.1, 0.15) is 5.75 Å². The van der Waals surface area contributed by atoms with Gasteiger partial charge in [-0.3, -0.25) is 0 Å². The summed E-state index contributed by atoms with van der Waals surface area (Å²) >= 11 is 0. The van der Waals surface area contributed by atoms with Gasteiger partial charge in [0.25, 0.3) is 0 Å². The largest absolute Gasteiger partial charge is 0.493 e. The van der Waals surface area contributed by atoms with E-state index in [1.54, 1.807) is 0 Å². The third-order valence-corrected chi connectivity index (χ3v) is 4.31.